The van der Waals surface area contributed by atoms with Crippen molar-refractivity contribution in [3.8, 4) is 11.5 Å². The van der Waals surface area contributed by atoms with Crippen LogP contribution in [-0.4, -0.2) is 39.5 Å². The molecule has 0 bridgehead atoms. The van der Waals surface area contributed by atoms with Crippen LogP contribution in [-0.2, 0) is 4.84 Å². The number of anilines is 1. The molecule has 0 spiro atoms. The van der Waals surface area contributed by atoms with Crippen LogP contribution >= 0.6 is 0 Å². The second kappa shape index (κ2) is 6.83. The minimum atomic E-state index is -0.296. The van der Waals surface area contributed by atoms with E-state index in [1.54, 1.807) is 14.2 Å². The quantitative estimate of drug-likeness (QED) is 0.842. The molecule has 2 aliphatic heterocycles. The van der Waals surface area contributed by atoms with E-state index in [0.29, 0.717) is 23.6 Å². The Bertz CT molecular complexity index is 925. The van der Waals surface area contributed by atoms with Crippen molar-refractivity contribution < 1.29 is 19.1 Å². The normalized spacial score (nSPS) is 19.4. The average Bonchev–Trinajstić information content (AvgIpc) is 2.71. The van der Waals surface area contributed by atoms with Crippen LogP contribution in [0.3, 0.4) is 0 Å². The Morgan fingerprint density at radius 1 is 1.07 bits per heavy atom. The van der Waals surface area contributed by atoms with Gasteiger partial charge in [0, 0.05) is 18.5 Å². The van der Waals surface area contributed by atoms with Gasteiger partial charge in [0.05, 0.1) is 31.2 Å². The predicted octanol–water partition coefficient (Wildman–Crippen LogP) is 2.71. The standard InChI is InChI=1S/C20H21N3O4/c1-25-16-8-7-12(11-17(16)26-2)19-21-20(24)14-6-4-5-13-15(22-27-3)9-10-23(19)18(13)14/h4-8,11,19H,9-10H2,1-3H3,(H,21,24)/b22-15-. The van der Waals surface area contributed by atoms with Gasteiger partial charge in [-0.3, -0.25) is 4.79 Å². The lowest BCUT2D eigenvalue weighted by Gasteiger charge is -2.43. The first-order chi connectivity index (χ1) is 13.2. The van der Waals surface area contributed by atoms with E-state index in [9.17, 15) is 4.79 Å². The van der Waals surface area contributed by atoms with E-state index in [2.05, 4.69) is 15.4 Å². The number of carbonyl (C=O) groups is 1. The number of hydrogen-bond donors (Lipinski definition) is 1. The molecule has 0 saturated heterocycles. The van der Waals surface area contributed by atoms with E-state index in [0.717, 1.165) is 28.9 Å². The molecule has 4 rings (SSSR count). The zero-order valence-corrected chi connectivity index (χ0v) is 15.5. The maximum atomic E-state index is 12.8. The molecule has 0 fully saturated rings. The maximum Gasteiger partial charge on any atom is 0.255 e. The van der Waals surface area contributed by atoms with Crippen LogP contribution in [0.4, 0.5) is 5.69 Å². The highest BCUT2D eigenvalue weighted by Crippen LogP contribution is 2.41. The summed E-state index contributed by atoms with van der Waals surface area (Å²) in [6.07, 6.45) is 0.430. The average molecular weight is 367 g/mol. The molecule has 0 aliphatic carbocycles. The van der Waals surface area contributed by atoms with Gasteiger partial charge in [-0.2, -0.15) is 0 Å². The molecule has 0 radical (unpaired) electrons. The van der Waals surface area contributed by atoms with Gasteiger partial charge in [0.2, 0.25) is 0 Å². The van der Waals surface area contributed by atoms with Crippen LogP contribution < -0.4 is 19.7 Å². The topological polar surface area (TPSA) is 72.4 Å². The van der Waals surface area contributed by atoms with Gasteiger partial charge in [-0.05, 0) is 23.8 Å². The number of nitrogens with zero attached hydrogens (tertiary/aromatic N) is 2. The number of hydrogen-bond acceptors (Lipinski definition) is 6. The molecular weight excluding hydrogens is 346 g/mol. The fourth-order valence-electron chi connectivity index (χ4n) is 3.77. The van der Waals surface area contributed by atoms with Crippen molar-refractivity contribution in [1.82, 2.24) is 5.32 Å². The van der Waals surface area contributed by atoms with Crippen molar-refractivity contribution in [3.63, 3.8) is 0 Å². The Labute approximate surface area is 157 Å². The summed E-state index contributed by atoms with van der Waals surface area (Å²) in [5.74, 6) is 1.17. The van der Waals surface area contributed by atoms with Crippen molar-refractivity contribution in [2.45, 2.75) is 12.6 Å². The summed E-state index contributed by atoms with van der Waals surface area (Å²) >= 11 is 0. The molecule has 2 heterocycles. The van der Waals surface area contributed by atoms with Crippen molar-refractivity contribution in [2.24, 2.45) is 5.16 Å². The van der Waals surface area contributed by atoms with E-state index in [1.807, 2.05) is 36.4 Å². The summed E-state index contributed by atoms with van der Waals surface area (Å²) in [5.41, 5.74) is 4.25. The van der Waals surface area contributed by atoms with Crippen LogP contribution in [0.2, 0.25) is 0 Å². The largest absolute Gasteiger partial charge is 0.493 e. The highest BCUT2D eigenvalue weighted by Gasteiger charge is 2.37. The fourth-order valence-corrected chi connectivity index (χ4v) is 3.77. The molecule has 27 heavy (non-hydrogen) atoms. The van der Waals surface area contributed by atoms with Crippen LogP contribution in [0.25, 0.3) is 0 Å². The lowest BCUT2D eigenvalue weighted by molar-refractivity contribution is 0.0926. The van der Waals surface area contributed by atoms with Crippen molar-refractivity contribution in [2.75, 3.05) is 32.8 Å². The molecule has 140 valence electrons. The van der Waals surface area contributed by atoms with Crippen LogP contribution in [0.15, 0.2) is 41.6 Å². The highest BCUT2D eigenvalue weighted by atomic mass is 16.6. The lowest BCUT2D eigenvalue weighted by atomic mass is 9.92. The van der Waals surface area contributed by atoms with E-state index < -0.39 is 0 Å². The molecule has 2 aromatic rings. The molecule has 0 aromatic heterocycles. The predicted molar refractivity (Wildman–Crippen MR) is 102 cm³/mol. The van der Waals surface area contributed by atoms with E-state index >= 15 is 0 Å². The number of para-hydroxylation sites is 1. The van der Waals surface area contributed by atoms with Crippen molar-refractivity contribution >= 4 is 17.3 Å². The van der Waals surface area contributed by atoms with Gasteiger partial charge in [-0.25, -0.2) is 0 Å². The molecular formula is C20H21N3O4. The number of nitrogens with one attached hydrogen (secondary N) is 1. The highest BCUT2D eigenvalue weighted by molar-refractivity contribution is 6.13. The number of methoxy groups -OCH3 is 2. The first-order valence-corrected chi connectivity index (χ1v) is 8.70. The number of amides is 1. The van der Waals surface area contributed by atoms with Crippen molar-refractivity contribution in [3.05, 3.63) is 53.1 Å². The maximum absolute atomic E-state index is 12.8. The van der Waals surface area contributed by atoms with E-state index in [4.69, 9.17) is 14.3 Å². The molecule has 2 aromatic carbocycles. The lowest BCUT2D eigenvalue weighted by Crippen LogP contribution is -2.49. The van der Waals surface area contributed by atoms with Gasteiger partial charge >= 0.3 is 0 Å². The Hall–Kier alpha value is -3.22. The first kappa shape index (κ1) is 17.2. The van der Waals surface area contributed by atoms with E-state index in [-0.39, 0.29) is 12.1 Å². The van der Waals surface area contributed by atoms with Gasteiger partial charge in [-0.15, -0.1) is 0 Å². The second-order valence-corrected chi connectivity index (χ2v) is 6.36. The number of rotatable bonds is 4. The Morgan fingerprint density at radius 3 is 2.59 bits per heavy atom. The van der Waals surface area contributed by atoms with Crippen molar-refractivity contribution in [1.29, 1.82) is 0 Å². The molecule has 0 saturated carbocycles. The van der Waals surface area contributed by atoms with Crippen LogP contribution in [0, 0.1) is 0 Å². The molecule has 7 nitrogen and oxygen atoms in total. The van der Waals surface area contributed by atoms with Gasteiger partial charge < -0.3 is 24.5 Å². The summed E-state index contributed by atoms with van der Waals surface area (Å²) < 4.78 is 10.8. The van der Waals surface area contributed by atoms with Crippen LogP contribution in [0.1, 0.15) is 34.1 Å². The summed E-state index contributed by atoms with van der Waals surface area (Å²) in [7, 11) is 4.74. The Kier molecular flexibility index (Phi) is 4.35. The van der Waals surface area contributed by atoms with E-state index in [1.165, 1.54) is 7.11 Å². The molecule has 2 aliphatic rings. The SMILES string of the molecule is CO/N=C1/CCN2c3c(cccc31)C(=O)NC2c1ccc(OC)c(OC)c1. The molecule has 1 amide bonds. The summed E-state index contributed by atoms with van der Waals surface area (Å²) in [6, 6.07) is 11.4. The second-order valence-electron chi connectivity index (χ2n) is 6.36. The molecule has 1 unspecified atom stereocenters. The molecule has 7 heteroatoms. The summed E-state index contributed by atoms with van der Waals surface area (Å²) in [5, 5.41) is 7.26. The zero-order valence-electron chi connectivity index (χ0n) is 15.5. The third kappa shape index (κ3) is 2.75. The number of oxime groups is 1. The first-order valence-electron chi connectivity index (χ1n) is 8.70. The number of ether oxygens (including phenoxy) is 2. The monoisotopic (exact) mass is 367 g/mol. The van der Waals surface area contributed by atoms with Crippen LogP contribution in [0.5, 0.6) is 11.5 Å². The van der Waals surface area contributed by atoms with Gasteiger partial charge in [0.25, 0.3) is 5.91 Å². The third-order valence-corrected chi connectivity index (χ3v) is 4.97. The molecule has 1 N–H and O–H groups in total. The third-order valence-electron chi connectivity index (χ3n) is 4.97. The smallest absolute Gasteiger partial charge is 0.255 e. The van der Waals surface area contributed by atoms with Gasteiger partial charge in [-0.1, -0.05) is 23.4 Å². The zero-order chi connectivity index (χ0) is 19.0. The summed E-state index contributed by atoms with van der Waals surface area (Å²) in [6.45, 7) is 0.714. The van der Waals surface area contributed by atoms with Gasteiger partial charge in [0.1, 0.15) is 13.3 Å². The fraction of sp³-hybridized carbons (Fsp3) is 0.300. The Balaban J connectivity index is 1.82. The minimum absolute atomic E-state index is 0.110. The molecule has 1 atom stereocenters. The minimum Gasteiger partial charge on any atom is -0.493 e. The Morgan fingerprint density at radius 2 is 1.85 bits per heavy atom. The number of benzene rings is 2. The summed E-state index contributed by atoms with van der Waals surface area (Å²) in [4.78, 5) is 20.0. The number of carbonyl (C=O) groups excluding carboxylic acids is 1. The van der Waals surface area contributed by atoms with Gasteiger partial charge in [0.15, 0.2) is 11.5 Å².